The lowest BCUT2D eigenvalue weighted by molar-refractivity contribution is -0.130. The van der Waals surface area contributed by atoms with E-state index in [4.69, 9.17) is 4.74 Å². The van der Waals surface area contributed by atoms with Gasteiger partial charge in [-0.1, -0.05) is 36.4 Å². The zero-order chi connectivity index (χ0) is 26.6. The number of nitrogens with one attached hydrogen (secondary N) is 1. The first kappa shape index (κ1) is 24.1. The Hall–Kier alpha value is -4.27. The largest absolute Gasteiger partial charge is 0.493 e. The topological polar surface area (TPSA) is 68.3 Å². The third kappa shape index (κ3) is 3.64. The highest BCUT2D eigenvalue weighted by Gasteiger charge is 2.56. The summed E-state index contributed by atoms with van der Waals surface area (Å²) < 4.78 is 67.7. The first-order valence-corrected chi connectivity index (χ1v) is 12.1. The summed E-state index contributed by atoms with van der Waals surface area (Å²) in [6, 6.07) is 15.2. The molecule has 1 saturated carbocycles. The Morgan fingerprint density at radius 3 is 2.37 bits per heavy atom. The summed E-state index contributed by atoms with van der Waals surface area (Å²) in [4.78, 5) is 29.1. The molecule has 192 valence electrons. The number of ether oxygens (including phenoxy) is 1. The zero-order valence-electron chi connectivity index (χ0n) is 19.9. The second-order valence-electron chi connectivity index (χ2n) is 9.65. The van der Waals surface area contributed by atoms with Gasteiger partial charge in [0.1, 0.15) is 17.2 Å². The number of hydrogen-bond donors (Lipinski definition) is 1. The molecule has 38 heavy (non-hydrogen) atoms. The van der Waals surface area contributed by atoms with Gasteiger partial charge >= 0.3 is 0 Å². The van der Waals surface area contributed by atoms with Crippen molar-refractivity contribution < 1.29 is 31.9 Å². The third-order valence-corrected chi connectivity index (χ3v) is 7.50. The average Bonchev–Trinajstić information content (AvgIpc) is 2.92. The smallest absolute Gasteiger partial charge is 0.257 e. The molecule has 0 spiro atoms. The molecule has 0 unspecified atom stereocenters. The quantitative estimate of drug-likeness (QED) is 0.257. The molecule has 2 heterocycles. The monoisotopic (exact) mass is 520 g/mol. The van der Waals surface area contributed by atoms with Crippen LogP contribution in [0, 0.1) is 23.3 Å². The highest BCUT2D eigenvalue weighted by Crippen LogP contribution is 2.57. The fraction of sp³-hybridized carbons (Fsp3) is 0.207. The van der Waals surface area contributed by atoms with Crippen LogP contribution in [-0.2, 0) is 10.2 Å². The second-order valence-corrected chi connectivity index (χ2v) is 9.65. The fourth-order valence-electron chi connectivity index (χ4n) is 5.72. The summed E-state index contributed by atoms with van der Waals surface area (Å²) >= 11 is 0. The van der Waals surface area contributed by atoms with Crippen LogP contribution < -0.4 is 10.1 Å². The average molecular weight is 520 g/mol. The van der Waals surface area contributed by atoms with E-state index in [1.165, 1.54) is 12.3 Å². The van der Waals surface area contributed by atoms with Crippen molar-refractivity contribution in [3.8, 4) is 5.75 Å². The van der Waals surface area contributed by atoms with Crippen LogP contribution in [0.5, 0.6) is 5.75 Å². The second kappa shape index (κ2) is 8.93. The first-order valence-electron chi connectivity index (χ1n) is 12.1. The molecule has 0 bridgehead atoms. The van der Waals surface area contributed by atoms with E-state index in [0.29, 0.717) is 28.6 Å². The maximum atomic E-state index is 15.7. The number of rotatable bonds is 4. The number of carbonyl (C=O) groups excluding carboxylic acids is 2. The van der Waals surface area contributed by atoms with E-state index in [1.54, 1.807) is 48.5 Å². The van der Waals surface area contributed by atoms with E-state index in [0.717, 1.165) is 0 Å². The minimum atomic E-state index is -1.74. The van der Waals surface area contributed by atoms with Gasteiger partial charge in [-0.05, 0) is 30.2 Å². The lowest BCUT2D eigenvalue weighted by atomic mass is 9.54. The summed E-state index contributed by atoms with van der Waals surface area (Å²) in [6.45, 7) is 0.222. The SMILES string of the molecule is O=C1CC(c2c(F)c(F)c(NC(=O)c3cnc4ccccc4c3)c(F)c2F)([C@@H]2CCOc3ccccc32)C1. The Balaban J connectivity index is 1.41. The molecule has 4 aromatic rings. The van der Waals surface area contributed by atoms with Crippen molar-refractivity contribution in [2.24, 2.45) is 0 Å². The number of carbonyl (C=O) groups is 2. The van der Waals surface area contributed by atoms with Crippen LogP contribution in [0.3, 0.4) is 0 Å². The van der Waals surface area contributed by atoms with Crippen molar-refractivity contribution in [1.29, 1.82) is 0 Å². The minimum Gasteiger partial charge on any atom is -0.493 e. The normalized spacial score (nSPS) is 17.9. The van der Waals surface area contributed by atoms with Crippen LogP contribution in [0.15, 0.2) is 60.8 Å². The number of amides is 1. The van der Waals surface area contributed by atoms with Gasteiger partial charge < -0.3 is 10.1 Å². The van der Waals surface area contributed by atoms with Crippen LogP contribution in [0.1, 0.15) is 46.7 Å². The van der Waals surface area contributed by atoms with Gasteiger partial charge in [0.2, 0.25) is 0 Å². The Morgan fingerprint density at radius 2 is 1.63 bits per heavy atom. The standard InChI is InChI=1S/C29H20F4N2O3/c30-23-22(29(12-17(36)13-29)19-9-10-38-21-8-4-2-6-18(19)21)24(31)26(33)27(25(23)32)35-28(37)16-11-15-5-1-3-7-20(15)34-14-16/h1-8,11,14,19H,9-10,12-13H2,(H,35,37)/t19-/m1/s1. The number of ketones is 1. The van der Waals surface area contributed by atoms with Gasteiger partial charge in [-0.2, -0.15) is 0 Å². The Labute approximate surface area is 214 Å². The molecule has 3 aromatic carbocycles. The molecule has 9 heteroatoms. The van der Waals surface area contributed by atoms with Gasteiger partial charge in [-0.3, -0.25) is 14.6 Å². The number of aromatic nitrogens is 1. The summed E-state index contributed by atoms with van der Waals surface area (Å²) in [5.74, 6) is -8.09. The van der Waals surface area contributed by atoms with E-state index >= 15 is 17.6 Å². The molecular weight excluding hydrogens is 500 g/mol. The maximum absolute atomic E-state index is 15.7. The molecule has 0 radical (unpaired) electrons. The summed E-state index contributed by atoms with van der Waals surface area (Å²) in [6.07, 6.45) is 0.965. The summed E-state index contributed by atoms with van der Waals surface area (Å²) in [5, 5.41) is 2.56. The molecule has 5 nitrogen and oxygen atoms in total. The Kier molecular flexibility index (Phi) is 5.66. The number of para-hydroxylation sites is 2. The minimum absolute atomic E-state index is 0.0488. The van der Waals surface area contributed by atoms with Gasteiger partial charge in [0.05, 0.1) is 17.7 Å². The molecule has 1 aliphatic heterocycles. The number of fused-ring (bicyclic) bond motifs is 2. The fourth-order valence-corrected chi connectivity index (χ4v) is 5.72. The maximum Gasteiger partial charge on any atom is 0.257 e. The van der Waals surface area contributed by atoms with Gasteiger partial charge in [-0.25, -0.2) is 17.6 Å². The third-order valence-electron chi connectivity index (χ3n) is 7.50. The van der Waals surface area contributed by atoms with E-state index in [-0.39, 0.29) is 30.8 Å². The lowest BCUT2D eigenvalue weighted by Crippen LogP contribution is -2.49. The number of pyridine rings is 1. The lowest BCUT2D eigenvalue weighted by Gasteiger charge is -2.49. The number of hydrogen-bond acceptors (Lipinski definition) is 4. The van der Waals surface area contributed by atoms with E-state index in [1.807, 2.05) is 5.32 Å². The Morgan fingerprint density at radius 1 is 0.947 bits per heavy atom. The Bertz CT molecular complexity index is 1600. The molecule has 1 fully saturated rings. The van der Waals surface area contributed by atoms with Crippen molar-refractivity contribution in [2.75, 3.05) is 11.9 Å². The number of benzene rings is 3. The number of anilines is 1. The first-order chi connectivity index (χ1) is 18.3. The molecule has 1 amide bonds. The van der Waals surface area contributed by atoms with Gasteiger partial charge in [0, 0.05) is 41.3 Å². The van der Waals surface area contributed by atoms with Crippen LogP contribution in [0.2, 0.25) is 0 Å². The highest BCUT2D eigenvalue weighted by molar-refractivity contribution is 6.06. The van der Waals surface area contributed by atoms with Crippen molar-refractivity contribution in [1.82, 2.24) is 4.98 Å². The summed E-state index contributed by atoms with van der Waals surface area (Å²) in [5.41, 5.74) is -2.39. The summed E-state index contributed by atoms with van der Waals surface area (Å²) in [7, 11) is 0. The van der Waals surface area contributed by atoms with Crippen molar-refractivity contribution in [2.45, 2.75) is 30.6 Å². The molecule has 1 atom stereocenters. The van der Waals surface area contributed by atoms with Crippen LogP contribution in [0.25, 0.3) is 10.9 Å². The molecule has 0 saturated heterocycles. The van der Waals surface area contributed by atoms with Gasteiger partial charge in [0.15, 0.2) is 23.3 Å². The van der Waals surface area contributed by atoms with E-state index in [2.05, 4.69) is 4.98 Å². The molecule has 1 N–H and O–H groups in total. The van der Waals surface area contributed by atoms with Crippen molar-refractivity contribution in [3.63, 3.8) is 0 Å². The van der Waals surface area contributed by atoms with E-state index < -0.39 is 51.8 Å². The van der Waals surface area contributed by atoms with Crippen LogP contribution >= 0.6 is 0 Å². The van der Waals surface area contributed by atoms with Gasteiger partial charge in [0.25, 0.3) is 5.91 Å². The van der Waals surface area contributed by atoms with Crippen molar-refractivity contribution >= 4 is 28.3 Å². The number of Topliss-reactive ketones (excluding diaryl/α,β-unsaturated/α-hetero) is 1. The van der Waals surface area contributed by atoms with Gasteiger partial charge in [-0.15, -0.1) is 0 Å². The zero-order valence-corrected chi connectivity index (χ0v) is 19.9. The number of halogens is 4. The predicted molar refractivity (Wildman–Crippen MR) is 131 cm³/mol. The van der Waals surface area contributed by atoms with E-state index in [9.17, 15) is 9.59 Å². The highest BCUT2D eigenvalue weighted by atomic mass is 19.2. The molecular formula is C29H20F4N2O3. The number of nitrogens with zero attached hydrogens (tertiary/aromatic N) is 1. The predicted octanol–water partition coefficient (Wildman–Crippen LogP) is 6.21. The van der Waals surface area contributed by atoms with Crippen molar-refractivity contribution in [3.05, 3.63) is 101 Å². The molecule has 6 rings (SSSR count). The molecule has 1 aromatic heterocycles. The van der Waals surface area contributed by atoms with Crippen LogP contribution in [-0.4, -0.2) is 23.3 Å². The molecule has 2 aliphatic rings. The van der Waals surface area contributed by atoms with Crippen LogP contribution in [0.4, 0.5) is 23.2 Å². The molecule has 1 aliphatic carbocycles.